The van der Waals surface area contributed by atoms with Crippen molar-refractivity contribution >= 4 is 5.82 Å². The van der Waals surface area contributed by atoms with Gasteiger partial charge in [-0.15, -0.1) is 0 Å². The van der Waals surface area contributed by atoms with Crippen molar-refractivity contribution in [2.24, 2.45) is 0 Å². The molecule has 0 unspecified atom stereocenters. The van der Waals surface area contributed by atoms with Crippen LogP contribution in [-0.4, -0.2) is 29.7 Å². The van der Waals surface area contributed by atoms with E-state index in [4.69, 9.17) is 4.74 Å². The maximum absolute atomic E-state index is 5.39. The van der Waals surface area contributed by atoms with Gasteiger partial charge in [-0.3, -0.25) is 0 Å². The van der Waals surface area contributed by atoms with Crippen LogP contribution in [0.1, 0.15) is 32.4 Å². The molecule has 0 fully saturated rings. The van der Waals surface area contributed by atoms with E-state index >= 15 is 0 Å². The van der Waals surface area contributed by atoms with Gasteiger partial charge in [0.15, 0.2) is 0 Å². The highest BCUT2D eigenvalue weighted by molar-refractivity contribution is 5.35. The summed E-state index contributed by atoms with van der Waals surface area (Å²) in [7, 11) is 0. The summed E-state index contributed by atoms with van der Waals surface area (Å²) in [5, 5.41) is 3.21. The number of rotatable bonds is 7. The van der Waals surface area contributed by atoms with E-state index in [0.29, 0.717) is 19.1 Å². The normalized spacial score (nSPS) is 10.6. The molecule has 4 nitrogen and oxygen atoms in total. The molecule has 0 saturated carbocycles. The molecule has 0 amide bonds. The van der Waals surface area contributed by atoms with Gasteiger partial charge in [-0.25, -0.2) is 9.97 Å². The molecular formula is C13H21N3O. The van der Waals surface area contributed by atoms with Gasteiger partial charge in [-0.05, 0) is 12.8 Å². The fourth-order valence-electron chi connectivity index (χ4n) is 1.28. The summed E-state index contributed by atoms with van der Waals surface area (Å²) in [4.78, 5) is 8.37. The van der Waals surface area contributed by atoms with Crippen LogP contribution >= 0.6 is 0 Å². The number of nitrogens with zero attached hydrogens (tertiary/aromatic N) is 2. The van der Waals surface area contributed by atoms with Crippen LogP contribution in [0.4, 0.5) is 5.82 Å². The van der Waals surface area contributed by atoms with Crippen molar-refractivity contribution in [3.8, 4) is 0 Å². The molecule has 0 bridgehead atoms. The SMILES string of the molecule is C=C(C)COCCNc1cc(C(C)C)ncn1. The Morgan fingerprint density at radius 1 is 1.47 bits per heavy atom. The third-order valence-electron chi connectivity index (χ3n) is 2.18. The lowest BCUT2D eigenvalue weighted by molar-refractivity contribution is 0.167. The van der Waals surface area contributed by atoms with Crippen molar-refractivity contribution in [2.45, 2.75) is 26.7 Å². The molecule has 0 saturated heterocycles. The van der Waals surface area contributed by atoms with Gasteiger partial charge in [-0.2, -0.15) is 0 Å². The lowest BCUT2D eigenvalue weighted by Crippen LogP contribution is -2.11. The quantitative estimate of drug-likeness (QED) is 0.583. The first-order valence-electron chi connectivity index (χ1n) is 5.87. The fraction of sp³-hybridized carbons (Fsp3) is 0.538. The van der Waals surface area contributed by atoms with E-state index in [0.717, 1.165) is 23.6 Å². The van der Waals surface area contributed by atoms with E-state index in [2.05, 4.69) is 35.7 Å². The largest absolute Gasteiger partial charge is 0.375 e. The molecule has 1 aromatic heterocycles. The Kier molecular flexibility index (Phi) is 5.63. The Hall–Kier alpha value is -1.42. The Morgan fingerprint density at radius 3 is 2.88 bits per heavy atom. The van der Waals surface area contributed by atoms with E-state index in [1.807, 2.05) is 13.0 Å². The van der Waals surface area contributed by atoms with Crippen LogP contribution in [-0.2, 0) is 4.74 Å². The third-order valence-corrected chi connectivity index (χ3v) is 2.18. The van der Waals surface area contributed by atoms with Gasteiger partial charge in [0.2, 0.25) is 0 Å². The average molecular weight is 235 g/mol. The van der Waals surface area contributed by atoms with Gasteiger partial charge in [0, 0.05) is 18.3 Å². The second-order valence-corrected chi connectivity index (χ2v) is 4.42. The smallest absolute Gasteiger partial charge is 0.129 e. The van der Waals surface area contributed by atoms with E-state index in [-0.39, 0.29) is 0 Å². The molecule has 0 spiro atoms. The molecule has 4 heteroatoms. The topological polar surface area (TPSA) is 47.0 Å². The second-order valence-electron chi connectivity index (χ2n) is 4.42. The number of hydrogen-bond donors (Lipinski definition) is 1. The van der Waals surface area contributed by atoms with E-state index in [9.17, 15) is 0 Å². The van der Waals surface area contributed by atoms with E-state index < -0.39 is 0 Å². The summed E-state index contributed by atoms with van der Waals surface area (Å²) >= 11 is 0. The van der Waals surface area contributed by atoms with Crippen LogP contribution in [0.5, 0.6) is 0 Å². The van der Waals surface area contributed by atoms with Gasteiger partial charge in [0.05, 0.1) is 13.2 Å². The van der Waals surface area contributed by atoms with Gasteiger partial charge in [0.25, 0.3) is 0 Å². The zero-order valence-electron chi connectivity index (χ0n) is 10.9. The molecule has 0 atom stereocenters. The highest BCUT2D eigenvalue weighted by Gasteiger charge is 2.02. The van der Waals surface area contributed by atoms with Crippen molar-refractivity contribution in [3.05, 3.63) is 30.2 Å². The molecule has 1 heterocycles. The number of aromatic nitrogens is 2. The molecule has 1 aromatic rings. The first-order chi connectivity index (χ1) is 8.09. The molecule has 94 valence electrons. The number of anilines is 1. The van der Waals surface area contributed by atoms with Crippen LogP contribution in [0.2, 0.25) is 0 Å². The summed E-state index contributed by atoms with van der Waals surface area (Å²) in [6, 6.07) is 1.98. The van der Waals surface area contributed by atoms with Crippen LogP contribution in [0, 0.1) is 0 Å². The molecule has 0 aromatic carbocycles. The summed E-state index contributed by atoms with van der Waals surface area (Å²) < 4.78 is 5.39. The Balaban J connectivity index is 2.31. The molecular weight excluding hydrogens is 214 g/mol. The Morgan fingerprint density at radius 2 is 2.24 bits per heavy atom. The Labute approximate surface area is 103 Å². The molecule has 17 heavy (non-hydrogen) atoms. The minimum absolute atomic E-state index is 0.415. The van der Waals surface area contributed by atoms with E-state index in [1.165, 1.54) is 0 Å². The van der Waals surface area contributed by atoms with Crippen molar-refractivity contribution in [2.75, 3.05) is 25.1 Å². The van der Waals surface area contributed by atoms with Gasteiger partial charge >= 0.3 is 0 Å². The Bertz CT molecular complexity index is 363. The lowest BCUT2D eigenvalue weighted by atomic mass is 10.1. The highest BCUT2D eigenvalue weighted by Crippen LogP contribution is 2.13. The summed E-state index contributed by atoms with van der Waals surface area (Å²) in [6.07, 6.45) is 1.59. The summed E-state index contributed by atoms with van der Waals surface area (Å²) in [6.45, 7) is 12.0. The predicted octanol–water partition coefficient (Wildman–Crippen LogP) is 2.60. The lowest BCUT2D eigenvalue weighted by Gasteiger charge is -2.09. The minimum atomic E-state index is 0.415. The van der Waals surface area contributed by atoms with Crippen LogP contribution in [0.25, 0.3) is 0 Å². The highest BCUT2D eigenvalue weighted by atomic mass is 16.5. The first kappa shape index (κ1) is 13.6. The standard InChI is InChI=1S/C13H21N3O/c1-10(2)8-17-6-5-14-13-7-12(11(3)4)15-9-16-13/h7,9,11H,1,5-6,8H2,2-4H3,(H,14,15,16). The van der Waals surface area contributed by atoms with Gasteiger partial charge < -0.3 is 10.1 Å². The molecule has 0 aliphatic rings. The second kappa shape index (κ2) is 7.01. The molecule has 0 aliphatic carbocycles. The average Bonchev–Trinajstić information content (AvgIpc) is 2.28. The monoisotopic (exact) mass is 235 g/mol. The number of nitrogens with one attached hydrogen (secondary N) is 1. The fourth-order valence-corrected chi connectivity index (χ4v) is 1.28. The summed E-state index contributed by atoms with van der Waals surface area (Å²) in [5.41, 5.74) is 2.08. The van der Waals surface area contributed by atoms with Crippen molar-refractivity contribution in [1.29, 1.82) is 0 Å². The van der Waals surface area contributed by atoms with Gasteiger partial charge in [0.1, 0.15) is 12.1 Å². The maximum Gasteiger partial charge on any atom is 0.129 e. The molecule has 0 radical (unpaired) electrons. The minimum Gasteiger partial charge on any atom is -0.375 e. The van der Waals surface area contributed by atoms with Crippen molar-refractivity contribution < 1.29 is 4.74 Å². The number of ether oxygens (including phenoxy) is 1. The van der Waals surface area contributed by atoms with Gasteiger partial charge in [-0.1, -0.05) is 26.0 Å². The molecule has 1 N–H and O–H groups in total. The maximum atomic E-state index is 5.39. The molecule has 1 rings (SSSR count). The van der Waals surface area contributed by atoms with E-state index in [1.54, 1.807) is 6.33 Å². The third kappa shape index (κ3) is 5.45. The predicted molar refractivity (Wildman–Crippen MR) is 70.2 cm³/mol. The number of hydrogen-bond acceptors (Lipinski definition) is 4. The van der Waals surface area contributed by atoms with Crippen LogP contribution in [0.3, 0.4) is 0 Å². The molecule has 0 aliphatic heterocycles. The van der Waals surface area contributed by atoms with Crippen molar-refractivity contribution in [1.82, 2.24) is 9.97 Å². The first-order valence-corrected chi connectivity index (χ1v) is 5.87. The van der Waals surface area contributed by atoms with Crippen LogP contribution in [0.15, 0.2) is 24.5 Å². The zero-order chi connectivity index (χ0) is 12.7. The zero-order valence-corrected chi connectivity index (χ0v) is 10.9. The van der Waals surface area contributed by atoms with Crippen LogP contribution < -0.4 is 5.32 Å². The van der Waals surface area contributed by atoms with Crippen molar-refractivity contribution in [3.63, 3.8) is 0 Å². The summed E-state index contributed by atoms with van der Waals surface area (Å²) in [5.74, 6) is 1.26.